The predicted molar refractivity (Wildman–Crippen MR) is 126 cm³/mol. The molecule has 0 bridgehead atoms. The molecule has 174 valence electrons. The quantitative estimate of drug-likeness (QED) is 0.323. The molecule has 0 heterocycles. The Balaban J connectivity index is 1.30. The van der Waals surface area contributed by atoms with Crippen molar-refractivity contribution in [2.75, 3.05) is 0 Å². The van der Waals surface area contributed by atoms with Gasteiger partial charge >= 0.3 is 5.97 Å². The van der Waals surface area contributed by atoms with Gasteiger partial charge in [0.2, 0.25) is 0 Å². The van der Waals surface area contributed by atoms with Gasteiger partial charge in [0.05, 0.1) is 0 Å². The number of carbonyl (C=O) groups is 1. The smallest absolute Gasteiger partial charge is 0.302 e. The fourth-order valence-corrected chi connectivity index (χ4v) is 9.56. The van der Waals surface area contributed by atoms with Gasteiger partial charge in [0, 0.05) is 13.3 Å². The maximum Gasteiger partial charge on any atom is 0.302 e. The van der Waals surface area contributed by atoms with Gasteiger partial charge in [0.1, 0.15) is 6.10 Å². The molecule has 4 saturated carbocycles. The normalized spacial score (nSPS) is 46.3. The summed E-state index contributed by atoms with van der Waals surface area (Å²) in [6, 6.07) is 0. The summed E-state index contributed by atoms with van der Waals surface area (Å²) in [5.41, 5.74) is 2.84. The zero-order valence-corrected chi connectivity index (χ0v) is 20.8. The third kappa shape index (κ3) is 3.63. The maximum absolute atomic E-state index is 11.5. The molecule has 0 amide bonds. The van der Waals surface area contributed by atoms with Gasteiger partial charge in [0.25, 0.3) is 0 Å². The van der Waals surface area contributed by atoms with Crippen LogP contribution in [0.25, 0.3) is 0 Å². The summed E-state index contributed by atoms with van der Waals surface area (Å²) in [5.74, 6) is 6.20. The first kappa shape index (κ1) is 22.0. The molecule has 4 fully saturated rings. The lowest BCUT2D eigenvalue weighted by Crippen LogP contribution is -2.47. The van der Waals surface area contributed by atoms with E-state index in [2.05, 4.69) is 33.8 Å². The van der Waals surface area contributed by atoms with E-state index in [4.69, 9.17) is 4.74 Å². The number of fused-ring (bicyclic) bond motifs is 4. The van der Waals surface area contributed by atoms with E-state index in [0.29, 0.717) is 10.8 Å². The minimum atomic E-state index is -0.0999. The molecular weight excluding hydrogens is 380 g/mol. The van der Waals surface area contributed by atoms with Crippen molar-refractivity contribution in [2.24, 2.45) is 52.3 Å². The van der Waals surface area contributed by atoms with Gasteiger partial charge in [-0.2, -0.15) is 0 Å². The van der Waals surface area contributed by atoms with Gasteiger partial charge < -0.3 is 4.74 Å². The highest BCUT2D eigenvalue weighted by molar-refractivity contribution is 5.66. The molecule has 0 aromatic rings. The third-order valence-electron chi connectivity index (χ3n) is 10.9. The van der Waals surface area contributed by atoms with Crippen molar-refractivity contribution in [1.29, 1.82) is 0 Å². The first-order valence-corrected chi connectivity index (χ1v) is 13.6. The van der Waals surface area contributed by atoms with Crippen LogP contribution in [0, 0.1) is 52.3 Å². The Hall–Kier alpha value is -0.790. The molecule has 31 heavy (non-hydrogen) atoms. The van der Waals surface area contributed by atoms with Crippen LogP contribution in [0.2, 0.25) is 0 Å². The largest absolute Gasteiger partial charge is 0.462 e. The SMILES string of the molecule is CC(=O)O[C@H]1CC=C2[C@H]3CC[C@]4(C)[C@@H]([C@H](C)CCCC(C)C)CC[C@H]4[C@@H]3C[C@H]3C[C@@]23C1. The highest BCUT2D eigenvalue weighted by Crippen LogP contribution is 2.75. The molecule has 0 aromatic carbocycles. The monoisotopic (exact) mass is 426 g/mol. The molecule has 0 radical (unpaired) electrons. The Kier molecular flexibility index (Phi) is 5.62. The summed E-state index contributed by atoms with van der Waals surface area (Å²) in [6.07, 6.45) is 17.7. The fourth-order valence-electron chi connectivity index (χ4n) is 9.56. The first-order chi connectivity index (χ1) is 14.7. The number of hydrogen-bond donors (Lipinski definition) is 0. The van der Waals surface area contributed by atoms with Gasteiger partial charge in [-0.1, -0.05) is 58.6 Å². The molecule has 2 heteroatoms. The van der Waals surface area contributed by atoms with Crippen LogP contribution in [0.4, 0.5) is 0 Å². The lowest BCUT2D eigenvalue weighted by Gasteiger charge is -2.54. The van der Waals surface area contributed by atoms with Crippen LogP contribution in [0.3, 0.4) is 0 Å². The second-order valence-electron chi connectivity index (χ2n) is 13.0. The summed E-state index contributed by atoms with van der Waals surface area (Å²) >= 11 is 0. The minimum Gasteiger partial charge on any atom is -0.462 e. The van der Waals surface area contributed by atoms with E-state index in [1.54, 1.807) is 6.92 Å². The number of allylic oxidation sites excluding steroid dienone is 1. The summed E-state index contributed by atoms with van der Waals surface area (Å²) in [4.78, 5) is 11.5. The van der Waals surface area contributed by atoms with Crippen LogP contribution in [0.5, 0.6) is 0 Å². The number of esters is 1. The van der Waals surface area contributed by atoms with Crippen LogP contribution < -0.4 is 0 Å². The van der Waals surface area contributed by atoms with Gasteiger partial charge in [-0.05, 0) is 97.2 Å². The maximum atomic E-state index is 11.5. The van der Waals surface area contributed by atoms with Gasteiger partial charge in [-0.3, -0.25) is 4.79 Å². The molecule has 5 rings (SSSR count). The Labute approximate surface area is 191 Å². The highest BCUT2D eigenvalue weighted by Gasteiger charge is 2.67. The average Bonchev–Trinajstić information content (AvgIpc) is 3.25. The molecular formula is C29H46O2. The standard InChI is InChI=1S/C29H46O2/c1-18(2)7-6-8-19(3)25-11-12-26-24-15-21-16-29(21)17-22(31-20(4)30)9-10-27(29)23(24)13-14-28(25,26)5/h10,18-19,21-26H,6-9,11-17H2,1-5H3/t19-,21+,22+,23+,24-,25-,26+,28-,29+/m1/s1. The topological polar surface area (TPSA) is 26.3 Å². The zero-order chi connectivity index (χ0) is 22.0. The highest BCUT2D eigenvalue weighted by atomic mass is 16.5. The van der Waals surface area contributed by atoms with Gasteiger partial charge in [0.15, 0.2) is 0 Å². The van der Waals surface area contributed by atoms with Crippen LogP contribution in [-0.2, 0) is 9.53 Å². The molecule has 5 aliphatic carbocycles. The Bertz CT molecular complexity index is 737. The molecule has 0 aliphatic heterocycles. The Morgan fingerprint density at radius 2 is 1.97 bits per heavy atom. The van der Waals surface area contributed by atoms with E-state index < -0.39 is 0 Å². The molecule has 1 spiro atoms. The van der Waals surface area contributed by atoms with Crippen LogP contribution in [-0.4, -0.2) is 12.1 Å². The minimum absolute atomic E-state index is 0.0999. The Morgan fingerprint density at radius 3 is 2.71 bits per heavy atom. The molecule has 9 atom stereocenters. The van der Waals surface area contributed by atoms with E-state index in [9.17, 15) is 4.79 Å². The van der Waals surface area contributed by atoms with Gasteiger partial charge in [-0.25, -0.2) is 0 Å². The van der Waals surface area contributed by atoms with E-state index in [-0.39, 0.29) is 12.1 Å². The Morgan fingerprint density at radius 1 is 1.16 bits per heavy atom. The van der Waals surface area contributed by atoms with Crippen LogP contribution >= 0.6 is 0 Å². The fraction of sp³-hybridized carbons (Fsp3) is 0.897. The second-order valence-corrected chi connectivity index (χ2v) is 13.0. The van der Waals surface area contributed by atoms with Crippen LogP contribution in [0.1, 0.15) is 105 Å². The lowest BCUT2D eigenvalue weighted by atomic mass is 9.51. The van der Waals surface area contributed by atoms with Crippen molar-refractivity contribution < 1.29 is 9.53 Å². The van der Waals surface area contributed by atoms with Crippen molar-refractivity contribution >= 4 is 5.97 Å². The summed E-state index contributed by atoms with van der Waals surface area (Å²) in [7, 11) is 0. The molecule has 0 N–H and O–H groups in total. The van der Waals surface area contributed by atoms with E-state index in [0.717, 1.165) is 54.3 Å². The predicted octanol–water partition coefficient (Wildman–Crippen LogP) is 7.57. The van der Waals surface area contributed by atoms with Crippen molar-refractivity contribution in [3.63, 3.8) is 0 Å². The summed E-state index contributed by atoms with van der Waals surface area (Å²) in [5, 5.41) is 0. The molecule has 5 aliphatic rings. The van der Waals surface area contributed by atoms with E-state index in [1.165, 1.54) is 57.8 Å². The molecule has 2 nitrogen and oxygen atoms in total. The zero-order valence-electron chi connectivity index (χ0n) is 20.8. The summed E-state index contributed by atoms with van der Waals surface area (Å²) < 4.78 is 5.66. The van der Waals surface area contributed by atoms with Gasteiger partial charge in [-0.15, -0.1) is 0 Å². The third-order valence-corrected chi connectivity index (χ3v) is 10.9. The summed E-state index contributed by atoms with van der Waals surface area (Å²) in [6.45, 7) is 11.6. The van der Waals surface area contributed by atoms with E-state index >= 15 is 0 Å². The van der Waals surface area contributed by atoms with Crippen LogP contribution in [0.15, 0.2) is 11.6 Å². The van der Waals surface area contributed by atoms with E-state index in [1.807, 2.05) is 5.57 Å². The lowest BCUT2D eigenvalue weighted by molar-refractivity contribution is -0.147. The average molecular weight is 427 g/mol. The molecule has 0 unspecified atom stereocenters. The number of carbonyl (C=O) groups excluding carboxylic acids is 1. The number of hydrogen-bond acceptors (Lipinski definition) is 2. The molecule has 0 aromatic heterocycles. The number of ether oxygens (including phenoxy) is 1. The molecule has 0 saturated heterocycles. The first-order valence-electron chi connectivity index (χ1n) is 13.6. The van der Waals surface area contributed by atoms with Crippen molar-refractivity contribution in [1.82, 2.24) is 0 Å². The van der Waals surface area contributed by atoms with Crippen molar-refractivity contribution in [3.05, 3.63) is 11.6 Å². The second kappa shape index (κ2) is 7.91. The van der Waals surface area contributed by atoms with Crippen molar-refractivity contribution in [3.8, 4) is 0 Å². The van der Waals surface area contributed by atoms with Crippen molar-refractivity contribution in [2.45, 2.75) is 111 Å². The number of rotatable bonds is 6.